The number of alkyl halides is 3. The van der Waals surface area contributed by atoms with Gasteiger partial charge in [-0.15, -0.1) is 0 Å². The van der Waals surface area contributed by atoms with Gasteiger partial charge in [-0.3, -0.25) is 0 Å². The Balaban J connectivity index is 1.26. The highest BCUT2D eigenvalue weighted by atomic mass is 19.4. The summed E-state index contributed by atoms with van der Waals surface area (Å²) in [5.41, 5.74) is 0.628. The molecule has 1 atom stereocenters. The molecule has 1 unspecified atom stereocenters. The van der Waals surface area contributed by atoms with E-state index >= 15 is 0 Å². The minimum atomic E-state index is -4.63. The van der Waals surface area contributed by atoms with Crippen LogP contribution in [-0.2, 0) is 6.18 Å². The summed E-state index contributed by atoms with van der Waals surface area (Å²) >= 11 is 0. The highest BCUT2D eigenvalue weighted by Crippen LogP contribution is 2.36. The largest absolute Gasteiger partial charge is 0.483 e. The maximum absolute atomic E-state index is 14.5. The number of unbranched alkanes of at least 4 members (excludes halogenated alkanes) is 3. The molecule has 204 valence electrons. The zero-order valence-corrected chi connectivity index (χ0v) is 21.4. The Kier molecular flexibility index (Phi) is 9.78. The summed E-state index contributed by atoms with van der Waals surface area (Å²) in [4.78, 5) is 2.50. The fourth-order valence-electron chi connectivity index (χ4n) is 5.17. The minimum absolute atomic E-state index is 0.214. The standard InChI is InChI=1S/C31H34F5NO/c32-27-13-8-7-12-26(27)29(38-30-22-25(31(34,35)36)15-16-28(30)33)14-6-1-2-9-19-37-20-17-24(18-21-37)23-10-4-3-5-11-23/h3-5,7-8,10-13,15-16,22,24,29H,1-2,6,9,14,17-21H2. The van der Waals surface area contributed by atoms with Gasteiger partial charge in [0.2, 0.25) is 0 Å². The molecule has 38 heavy (non-hydrogen) atoms. The summed E-state index contributed by atoms with van der Waals surface area (Å²) in [6.45, 7) is 3.21. The molecule has 0 bridgehead atoms. The van der Waals surface area contributed by atoms with Crippen LogP contribution in [0.3, 0.4) is 0 Å². The van der Waals surface area contributed by atoms with E-state index in [1.165, 1.54) is 23.8 Å². The van der Waals surface area contributed by atoms with Crippen LogP contribution in [-0.4, -0.2) is 24.5 Å². The highest BCUT2D eigenvalue weighted by Gasteiger charge is 2.32. The van der Waals surface area contributed by atoms with Gasteiger partial charge in [-0.2, -0.15) is 13.2 Å². The number of rotatable bonds is 11. The van der Waals surface area contributed by atoms with Gasteiger partial charge in [0, 0.05) is 5.56 Å². The van der Waals surface area contributed by atoms with Crippen LogP contribution < -0.4 is 4.74 Å². The summed E-state index contributed by atoms with van der Waals surface area (Å²) in [6.07, 6.45) is 0.788. The Hall–Kier alpha value is -2.93. The van der Waals surface area contributed by atoms with Gasteiger partial charge >= 0.3 is 6.18 Å². The van der Waals surface area contributed by atoms with E-state index in [9.17, 15) is 22.0 Å². The molecule has 1 saturated heterocycles. The first kappa shape index (κ1) is 28.1. The van der Waals surface area contributed by atoms with Crippen molar-refractivity contribution < 1.29 is 26.7 Å². The van der Waals surface area contributed by atoms with Crippen molar-refractivity contribution in [2.45, 2.75) is 63.1 Å². The zero-order chi connectivity index (χ0) is 27.0. The molecule has 0 aromatic heterocycles. The van der Waals surface area contributed by atoms with Gasteiger partial charge in [-0.05, 0) is 87.5 Å². The number of halogens is 5. The van der Waals surface area contributed by atoms with Crippen molar-refractivity contribution in [2.24, 2.45) is 0 Å². The third-order valence-electron chi connectivity index (χ3n) is 7.33. The third kappa shape index (κ3) is 7.79. The van der Waals surface area contributed by atoms with E-state index in [0.717, 1.165) is 57.8 Å². The molecule has 4 rings (SSSR count). The van der Waals surface area contributed by atoms with Crippen LogP contribution in [0.2, 0.25) is 0 Å². The molecule has 0 radical (unpaired) electrons. The second-order valence-corrected chi connectivity index (χ2v) is 10.0. The van der Waals surface area contributed by atoms with Crippen LogP contribution in [0.15, 0.2) is 72.8 Å². The number of piperidine rings is 1. The van der Waals surface area contributed by atoms with Crippen molar-refractivity contribution in [1.29, 1.82) is 0 Å². The Morgan fingerprint density at radius 2 is 1.47 bits per heavy atom. The summed E-state index contributed by atoms with van der Waals surface area (Å²) < 4.78 is 73.9. The molecule has 1 fully saturated rings. The van der Waals surface area contributed by atoms with Crippen molar-refractivity contribution in [2.75, 3.05) is 19.6 Å². The molecule has 1 aliphatic heterocycles. The van der Waals surface area contributed by atoms with Gasteiger partial charge < -0.3 is 9.64 Å². The Labute approximate surface area is 221 Å². The van der Waals surface area contributed by atoms with Crippen LogP contribution in [0.1, 0.15) is 73.7 Å². The highest BCUT2D eigenvalue weighted by molar-refractivity contribution is 5.33. The molecule has 7 heteroatoms. The second kappa shape index (κ2) is 13.2. The van der Waals surface area contributed by atoms with Gasteiger partial charge in [-0.25, -0.2) is 8.78 Å². The maximum atomic E-state index is 14.5. The summed E-state index contributed by atoms with van der Waals surface area (Å²) in [5, 5.41) is 0. The van der Waals surface area contributed by atoms with Gasteiger partial charge in [-0.1, -0.05) is 61.4 Å². The molecule has 0 saturated carbocycles. The Bertz CT molecular complexity index is 1140. The van der Waals surface area contributed by atoms with Crippen molar-refractivity contribution in [1.82, 2.24) is 4.90 Å². The van der Waals surface area contributed by atoms with E-state index in [1.807, 2.05) is 6.07 Å². The summed E-state index contributed by atoms with van der Waals surface area (Å²) in [6, 6.07) is 18.7. The second-order valence-electron chi connectivity index (χ2n) is 10.0. The zero-order valence-electron chi connectivity index (χ0n) is 21.4. The van der Waals surface area contributed by atoms with Crippen LogP contribution in [0, 0.1) is 11.6 Å². The van der Waals surface area contributed by atoms with E-state index in [0.29, 0.717) is 30.9 Å². The van der Waals surface area contributed by atoms with E-state index < -0.39 is 35.2 Å². The molecule has 3 aromatic carbocycles. The lowest BCUT2D eigenvalue weighted by molar-refractivity contribution is -0.137. The first-order chi connectivity index (χ1) is 18.3. The number of hydrogen-bond donors (Lipinski definition) is 0. The quantitative estimate of drug-likeness (QED) is 0.181. The lowest BCUT2D eigenvalue weighted by Crippen LogP contribution is -2.33. The van der Waals surface area contributed by atoms with Gasteiger partial charge in [0.05, 0.1) is 5.56 Å². The monoisotopic (exact) mass is 531 g/mol. The predicted molar refractivity (Wildman–Crippen MR) is 139 cm³/mol. The fraction of sp³-hybridized carbons (Fsp3) is 0.419. The normalized spacial score (nSPS) is 15.9. The number of likely N-dealkylation sites (tertiary alicyclic amines) is 1. The molecule has 0 amide bonds. The average Bonchev–Trinajstić information content (AvgIpc) is 2.91. The lowest BCUT2D eigenvalue weighted by atomic mass is 9.89. The molecular formula is C31H34F5NO. The number of benzene rings is 3. The van der Waals surface area contributed by atoms with Gasteiger partial charge in [0.15, 0.2) is 11.6 Å². The van der Waals surface area contributed by atoms with Crippen LogP contribution in [0.4, 0.5) is 22.0 Å². The topological polar surface area (TPSA) is 12.5 Å². The predicted octanol–water partition coefficient (Wildman–Crippen LogP) is 8.93. The first-order valence-corrected chi connectivity index (χ1v) is 13.4. The van der Waals surface area contributed by atoms with Crippen LogP contribution in [0.5, 0.6) is 5.75 Å². The van der Waals surface area contributed by atoms with Crippen molar-refractivity contribution in [3.8, 4) is 5.75 Å². The first-order valence-electron chi connectivity index (χ1n) is 13.4. The Morgan fingerprint density at radius 1 is 0.789 bits per heavy atom. The molecular weight excluding hydrogens is 497 g/mol. The number of ether oxygens (including phenoxy) is 1. The van der Waals surface area contributed by atoms with Gasteiger partial charge in [0.1, 0.15) is 11.9 Å². The molecule has 1 heterocycles. The van der Waals surface area contributed by atoms with E-state index in [-0.39, 0.29) is 5.56 Å². The Morgan fingerprint density at radius 3 is 2.18 bits per heavy atom. The molecule has 0 spiro atoms. The van der Waals surface area contributed by atoms with E-state index in [2.05, 4.69) is 29.2 Å². The SMILES string of the molecule is Fc1ccc(C(F)(F)F)cc1OC(CCCCCCN1CCC(c2ccccc2)CC1)c1ccccc1F. The van der Waals surface area contributed by atoms with Crippen LogP contribution >= 0.6 is 0 Å². The van der Waals surface area contributed by atoms with Gasteiger partial charge in [0.25, 0.3) is 0 Å². The molecule has 1 aliphatic rings. The van der Waals surface area contributed by atoms with Crippen molar-refractivity contribution in [3.05, 3.63) is 101 Å². The minimum Gasteiger partial charge on any atom is -0.483 e. The van der Waals surface area contributed by atoms with E-state index in [1.54, 1.807) is 6.07 Å². The van der Waals surface area contributed by atoms with Crippen molar-refractivity contribution in [3.63, 3.8) is 0 Å². The van der Waals surface area contributed by atoms with Crippen molar-refractivity contribution >= 4 is 0 Å². The third-order valence-corrected chi connectivity index (χ3v) is 7.33. The van der Waals surface area contributed by atoms with E-state index in [4.69, 9.17) is 4.74 Å². The number of nitrogens with zero attached hydrogens (tertiary/aromatic N) is 1. The summed E-state index contributed by atoms with van der Waals surface area (Å²) in [7, 11) is 0. The summed E-state index contributed by atoms with van der Waals surface area (Å²) in [5.74, 6) is -1.32. The molecule has 0 aliphatic carbocycles. The average molecular weight is 532 g/mol. The molecule has 3 aromatic rings. The maximum Gasteiger partial charge on any atom is 0.416 e. The fourth-order valence-corrected chi connectivity index (χ4v) is 5.17. The smallest absolute Gasteiger partial charge is 0.416 e. The lowest BCUT2D eigenvalue weighted by Gasteiger charge is -2.32. The van der Waals surface area contributed by atoms with Crippen LogP contribution in [0.25, 0.3) is 0 Å². The molecule has 2 nitrogen and oxygen atoms in total. The molecule has 0 N–H and O–H groups in total. The number of hydrogen-bond acceptors (Lipinski definition) is 2.